The molecule has 3 rings (SSSR count). The number of benzene rings is 1. The largest absolute Gasteiger partial charge is 0.307 e. The van der Waals surface area contributed by atoms with Crippen molar-refractivity contribution in [3.8, 4) is 0 Å². The molecule has 0 saturated heterocycles. The Labute approximate surface area is 132 Å². The van der Waals surface area contributed by atoms with Crippen LogP contribution in [-0.2, 0) is 4.79 Å². The van der Waals surface area contributed by atoms with Crippen LogP contribution in [0.5, 0.6) is 0 Å². The van der Waals surface area contributed by atoms with Crippen molar-refractivity contribution in [1.29, 1.82) is 0 Å². The third-order valence-corrected chi connectivity index (χ3v) is 3.64. The molecule has 5 nitrogen and oxygen atoms in total. The van der Waals surface area contributed by atoms with E-state index in [2.05, 4.69) is 9.98 Å². The zero-order valence-corrected chi connectivity index (χ0v) is 12.5. The molecule has 0 radical (unpaired) electrons. The van der Waals surface area contributed by atoms with Gasteiger partial charge in [0.15, 0.2) is 0 Å². The highest BCUT2D eigenvalue weighted by Gasteiger charge is 2.33. The highest BCUT2D eigenvalue weighted by Crippen LogP contribution is 2.31. The number of aliphatic imine (C=N–C) groups is 1. The lowest BCUT2D eigenvalue weighted by Gasteiger charge is -2.13. The number of hydrogen-bond acceptors (Lipinski definition) is 3. The summed E-state index contributed by atoms with van der Waals surface area (Å²) < 4.78 is 0. The molecule has 1 aromatic carbocycles. The third-order valence-electron chi connectivity index (χ3n) is 3.41. The first kappa shape index (κ1) is 14.4. The summed E-state index contributed by atoms with van der Waals surface area (Å²) in [4.78, 5) is 34.1. The maximum Gasteiger partial charge on any atom is 0.277 e. The van der Waals surface area contributed by atoms with Crippen molar-refractivity contribution in [2.24, 2.45) is 4.99 Å². The third kappa shape index (κ3) is 2.40. The van der Waals surface area contributed by atoms with Crippen LogP contribution >= 0.6 is 11.6 Å². The number of anilines is 1. The molecule has 0 spiro atoms. The summed E-state index contributed by atoms with van der Waals surface area (Å²) in [6, 6.07) is 8.25. The van der Waals surface area contributed by atoms with Gasteiger partial charge < -0.3 is 4.90 Å². The van der Waals surface area contributed by atoms with Gasteiger partial charge in [-0.05, 0) is 37.3 Å². The molecule has 1 aliphatic heterocycles. The molecule has 0 saturated carbocycles. The number of likely N-dealkylation sites (N-methyl/N-ethyl adjacent to an activating group) is 1. The number of carbonyl (C=O) groups is 2. The van der Waals surface area contributed by atoms with Gasteiger partial charge in [-0.1, -0.05) is 11.6 Å². The van der Waals surface area contributed by atoms with Crippen LogP contribution in [0.4, 0.5) is 5.69 Å². The minimum Gasteiger partial charge on any atom is -0.307 e. The summed E-state index contributed by atoms with van der Waals surface area (Å²) in [6.45, 7) is 2.36. The first-order valence-corrected chi connectivity index (χ1v) is 7.14. The molecule has 0 unspecified atom stereocenters. The quantitative estimate of drug-likeness (QED) is 0.856. The van der Waals surface area contributed by atoms with E-state index in [4.69, 9.17) is 11.6 Å². The maximum atomic E-state index is 12.5. The molecule has 0 fully saturated rings. The monoisotopic (exact) mass is 313 g/mol. The van der Waals surface area contributed by atoms with Crippen molar-refractivity contribution >= 4 is 34.8 Å². The Bertz CT molecular complexity index is 787. The van der Waals surface area contributed by atoms with Crippen molar-refractivity contribution in [2.75, 3.05) is 11.4 Å². The van der Waals surface area contributed by atoms with E-state index < -0.39 is 5.91 Å². The standard InChI is InChI=1S/C16H12ClN3O2/c1-2-20-13-4-3-11(17)9-12(13)14(16(20)22)19-15(21)10-5-7-18-8-6-10/h3-9H,2H2,1H3/b19-14+. The van der Waals surface area contributed by atoms with Gasteiger partial charge >= 0.3 is 0 Å². The van der Waals surface area contributed by atoms with Crippen molar-refractivity contribution in [3.05, 3.63) is 58.9 Å². The summed E-state index contributed by atoms with van der Waals surface area (Å²) in [6.07, 6.45) is 3.01. The average molecular weight is 314 g/mol. The average Bonchev–Trinajstić information content (AvgIpc) is 2.79. The van der Waals surface area contributed by atoms with E-state index in [1.54, 1.807) is 35.2 Å². The van der Waals surface area contributed by atoms with E-state index in [1.165, 1.54) is 12.4 Å². The summed E-state index contributed by atoms with van der Waals surface area (Å²) in [5.41, 5.74) is 1.81. The molecule has 0 N–H and O–H groups in total. The van der Waals surface area contributed by atoms with Gasteiger partial charge in [0.2, 0.25) is 0 Å². The first-order valence-electron chi connectivity index (χ1n) is 6.76. The number of carbonyl (C=O) groups excluding carboxylic acids is 2. The van der Waals surface area contributed by atoms with Gasteiger partial charge in [0.05, 0.1) is 5.69 Å². The molecule has 2 amide bonds. The topological polar surface area (TPSA) is 62.6 Å². The Morgan fingerprint density at radius 2 is 2.00 bits per heavy atom. The number of rotatable bonds is 2. The van der Waals surface area contributed by atoms with E-state index in [0.717, 1.165) is 5.69 Å². The van der Waals surface area contributed by atoms with E-state index >= 15 is 0 Å². The molecule has 1 aliphatic rings. The summed E-state index contributed by atoms with van der Waals surface area (Å²) in [5.74, 6) is -0.767. The molecular weight excluding hydrogens is 302 g/mol. The normalized spacial score (nSPS) is 15.3. The molecule has 2 aromatic rings. The number of pyridine rings is 1. The second-order valence-corrected chi connectivity index (χ2v) is 5.15. The van der Waals surface area contributed by atoms with Crippen LogP contribution in [0.2, 0.25) is 5.02 Å². The fourth-order valence-corrected chi connectivity index (χ4v) is 2.54. The Hall–Kier alpha value is -2.53. The number of halogens is 1. The first-order chi connectivity index (χ1) is 10.6. The molecule has 22 heavy (non-hydrogen) atoms. The molecule has 0 atom stereocenters. The Morgan fingerprint density at radius 3 is 2.68 bits per heavy atom. The lowest BCUT2D eigenvalue weighted by molar-refractivity contribution is -0.112. The second kappa shape index (κ2) is 5.69. The van der Waals surface area contributed by atoms with E-state index in [9.17, 15) is 9.59 Å². The van der Waals surface area contributed by atoms with Crippen LogP contribution in [0, 0.1) is 0 Å². The highest BCUT2D eigenvalue weighted by atomic mass is 35.5. The highest BCUT2D eigenvalue weighted by molar-refractivity contribution is 6.55. The van der Waals surface area contributed by atoms with E-state index in [1.807, 2.05) is 6.92 Å². The number of amides is 2. The Morgan fingerprint density at radius 1 is 1.27 bits per heavy atom. The molecule has 110 valence electrons. The predicted octanol–water partition coefficient (Wildman–Crippen LogP) is 2.73. The second-order valence-electron chi connectivity index (χ2n) is 4.71. The fourth-order valence-electron chi connectivity index (χ4n) is 2.37. The molecule has 2 heterocycles. The van der Waals surface area contributed by atoms with Crippen LogP contribution in [0.1, 0.15) is 22.8 Å². The van der Waals surface area contributed by atoms with Crippen LogP contribution in [0.15, 0.2) is 47.7 Å². The predicted molar refractivity (Wildman–Crippen MR) is 84.6 cm³/mol. The molecule has 6 heteroatoms. The lowest BCUT2D eigenvalue weighted by Crippen LogP contribution is -2.30. The molecule has 0 bridgehead atoms. The summed E-state index contributed by atoms with van der Waals surface area (Å²) >= 11 is 6.00. The van der Waals surface area contributed by atoms with Crippen molar-refractivity contribution in [2.45, 2.75) is 6.92 Å². The van der Waals surface area contributed by atoms with Gasteiger partial charge in [-0.2, -0.15) is 0 Å². The van der Waals surface area contributed by atoms with Crippen LogP contribution in [0.3, 0.4) is 0 Å². The van der Waals surface area contributed by atoms with E-state index in [0.29, 0.717) is 22.7 Å². The van der Waals surface area contributed by atoms with Gasteiger partial charge in [-0.3, -0.25) is 14.6 Å². The number of hydrogen-bond donors (Lipinski definition) is 0. The van der Waals surface area contributed by atoms with Crippen LogP contribution < -0.4 is 4.90 Å². The lowest BCUT2D eigenvalue weighted by atomic mass is 10.1. The van der Waals surface area contributed by atoms with Crippen molar-refractivity contribution in [3.63, 3.8) is 0 Å². The van der Waals surface area contributed by atoms with Gasteiger partial charge in [-0.15, -0.1) is 0 Å². The molecule has 1 aromatic heterocycles. The summed E-state index contributed by atoms with van der Waals surface area (Å²) in [5, 5.41) is 0.494. The minimum absolute atomic E-state index is 0.126. The molecular formula is C16H12ClN3O2. The van der Waals surface area contributed by atoms with Crippen molar-refractivity contribution in [1.82, 2.24) is 4.98 Å². The number of fused-ring (bicyclic) bond motifs is 1. The van der Waals surface area contributed by atoms with Crippen LogP contribution in [-0.4, -0.2) is 29.1 Å². The van der Waals surface area contributed by atoms with Gasteiger partial charge in [0.1, 0.15) is 5.71 Å². The SMILES string of the molecule is CCN1C(=O)/C(=N/C(=O)c2ccncc2)c2cc(Cl)ccc21. The maximum absolute atomic E-state index is 12.5. The Balaban J connectivity index is 2.08. The Kier molecular flexibility index (Phi) is 3.73. The zero-order valence-electron chi connectivity index (χ0n) is 11.8. The summed E-state index contributed by atoms with van der Waals surface area (Å²) in [7, 11) is 0. The zero-order chi connectivity index (χ0) is 15.7. The van der Waals surface area contributed by atoms with Gasteiger partial charge in [-0.25, -0.2) is 4.99 Å². The number of nitrogens with zero attached hydrogens (tertiary/aromatic N) is 3. The minimum atomic E-state index is -0.477. The van der Waals surface area contributed by atoms with Crippen LogP contribution in [0.25, 0.3) is 0 Å². The smallest absolute Gasteiger partial charge is 0.277 e. The molecule has 0 aliphatic carbocycles. The number of aromatic nitrogens is 1. The van der Waals surface area contributed by atoms with Gasteiger partial charge in [0, 0.05) is 35.1 Å². The fraction of sp³-hybridized carbons (Fsp3) is 0.125. The van der Waals surface area contributed by atoms with E-state index in [-0.39, 0.29) is 11.6 Å². The van der Waals surface area contributed by atoms with Gasteiger partial charge in [0.25, 0.3) is 11.8 Å². The van der Waals surface area contributed by atoms with Crippen molar-refractivity contribution < 1.29 is 9.59 Å².